The van der Waals surface area contributed by atoms with E-state index in [4.69, 9.17) is 0 Å². The quantitative estimate of drug-likeness (QED) is 0.295. The Morgan fingerprint density at radius 1 is 1.15 bits per heavy atom. The number of aliphatic imine (C=N–C) groups is 1. The van der Waals surface area contributed by atoms with Gasteiger partial charge in [-0.25, -0.2) is 4.79 Å². The molecule has 1 fully saturated rings. The van der Waals surface area contributed by atoms with E-state index in [0.29, 0.717) is 19.0 Å². The molecule has 0 spiro atoms. The van der Waals surface area contributed by atoms with Crippen molar-refractivity contribution < 1.29 is 9.59 Å². The number of hydrogen-bond donors (Lipinski definition) is 3. The fourth-order valence-corrected chi connectivity index (χ4v) is 2.98. The third-order valence-electron chi connectivity index (χ3n) is 4.34. The largest absolute Gasteiger partial charge is 0.356 e. The van der Waals surface area contributed by atoms with Crippen LogP contribution in [0.3, 0.4) is 0 Å². The number of hydrogen-bond acceptors (Lipinski definition) is 3. The van der Waals surface area contributed by atoms with Gasteiger partial charge in [0.15, 0.2) is 5.96 Å². The van der Waals surface area contributed by atoms with Crippen LogP contribution in [0.4, 0.5) is 4.79 Å². The second-order valence-corrected chi connectivity index (χ2v) is 6.05. The average molecular weight is 356 g/mol. The summed E-state index contributed by atoms with van der Waals surface area (Å²) in [5.74, 6) is 0.466. The molecule has 0 saturated carbocycles. The molecule has 3 N–H and O–H groups in total. The van der Waals surface area contributed by atoms with Crippen LogP contribution < -0.4 is 16.0 Å². The van der Waals surface area contributed by atoms with Gasteiger partial charge < -0.3 is 20.5 Å². The number of urea groups is 1. The lowest BCUT2D eigenvalue weighted by atomic mass is 10.2. The normalized spacial score (nSPS) is 14.8. The Bertz CT molecular complexity index is 797. The van der Waals surface area contributed by atoms with Gasteiger partial charge in [-0.1, -0.05) is 18.2 Å². The molecule has 8 nitrogen and oxygen atoms in total. The predicted molar refractivity (Wildman–Crippen MR) is 101 cm³/mol. The number of nitrogens with one attached hydrogen (secondary N) is 3. The standard InChI is InChI=1S/C18H24N6O2/c1-19-17(21-9-12-24-16(25)13-22-18(24)26)20-8-4-10-23-11-7-14-5-2-3-6-15(14)23/h2-3,5-7,11H,4,8-10,12-13H2,1H3,(H,22,26)(H2,19,20,21). The Hall–Kier alpha value is -3.03. The minimum Gasteiger partial charge on any atom is -0.356 e. The van der Waals surface area contributed by atoms with E-state index in [1.165, 1.54) is 15.8 Å². The van der Waals surface area contributed by atoms with Crippen molar-refractivity contribution in [1.82, 2.24) is 25.4 Å². The van der Waals surface area contributed by atoms with Gasteiger partial charge in [0.05, 0.1) is 6.54 Å². The molecule has 1 aliphatic rings. The van der Waals surface area contributed by atoms with Crippen LogP contribution in [-0.2, 0) is 11.3 Å². The van der Waals surface area contributed by atoms with Gasteiger partial charge in [-0.15, -0.1) is 0 Å². The SMILES string of the molecule is CN=C(NCCCn1ccc2ccccc21)NCCN1C(=O)CNC1=O. The first-order valence-electron chi connectivity index (χ1n) is 8.75. The number of carbonyl (C=O) groups is 2. The highest BCUT2D eigenvalue weighted by atomic mass is 16.2. The van der Waals surface area contributed by atoms with Crippen molar-refractivity contribution in [2.45, 2.75) is 13.0 Å². The van der Waals surface area contributed by atoms with Crippen molar-refractivity contribution in [3.8, 4) is 0 Å². The van der Waals surface area contributed by atoms with Gasteiger partial charge in [0.25, 0.3) is 0 Å². The van der Waals surface area contributed by atoms with E-state index in [1.807, 2.05) is 12.1 Å². The summed E-state index contributed by atoms with van der Waals surface area (Å²) in [6.45, 7) is 2.55. The predicted octanol–water partition coefficient (Wildman–Crippen LogP) is 0.748. The van der Waals surface area contributed by atoms with E-state index in [9.17, 15) is 9.59 Å². The van der Waals surface area contributed by atoms with Crippen LogP contribution in [0, 0.1) is 0 Å². The molecule has 1 saturated heterocycles. The molecule has 0 aliphatic carbocycles. The van der Waals surface area contributed by atoms with E-state index >= 15 is 0 Å². The molecule has 2 heterocycles. The van der Waals surface area contributed by atoms with Crippen LogP contribution in [0.25, 0.3) is 10.9 Å². The van der Waals surface area contributed by atoms with E-state index < -0.39 is 0 Å². The Morgan fingerprint density at radius 2 is 1.96 bits per heavy atom. The van der Waals surface area contributed by atoms with Gasteiger partial charge in [0.1, 0.15) is 0 Å². The third kappa shape index (κ3) is 4.14. The zero-order chi connectivity index (χ0) is 18.4. The van der Waals surface area contributed by atoms with Gasteiger partial charge in [0.2, 0.25) is 5.91 Å². The summed E-state index contributed by atoms with van der Waals surface area (Å²) >= 11 is 0. The molecule has 0 bridgehead atoms. The maximum absolute atomic E-state index is 11.5. The minimum atomic E-state index is -0.335. The number of nitrogens with zero attached hydrogens (tertiary/aromatic N) is 3. The number of imide groups is 1. The fraction of sp³-hybridized carbons (Fsp3) is 0.389. The van der Waals surface area contributed by atoms with Crippen LogP contribution in [0.2, 0.25) is 0 Å². The number of benzene rings is 1. The topological polar surface area (TPSA) is 90.8 Å². The zero-order valence-corrected chi connectivity index (χ0v) is 14.9. The van der Waals surface area contributed by atoms with Crippen molar-refractivity contribution in [2.75, 3.05) is 33.2 Å². The minimum absolute atomic E-state index is 0.0832. The first-order valence-corrected chi connectivity index (χ1v) is 8.75. The summed E-state index contributed by atoms with van der Waals surface area (Å²) < 4.78 is 2.24. The number of amides is 3. The summed E-state index contributed by atoms with van der Waals surface area (Å²) in [5.41, 5.74) is 1.24. The molecule has 0 radical (unpaired) electrons. The van der Waals surface area contributed by atoms with Gasteiger partial charge >= 0.3 is 6.03 Å². The molecular weight excluding hydrogens is 332 g/mol. The van der Waals surface area contributed by atoms with E-state index in [-0.39, 0.29) is 18.5 Å². The van der Waals surface area contributed by atoms with Gasteiger partial charge in [0, 0.05) is 44.9 Å². The van der Waals surface area contributed by atoms with E-state index in [1.54, 1.807) is 7.05 Å². The van der Waals surface area contributed by atoms with Crippen molar-refractivity contribution >= 4 is 28.8 Å². The van der Waals surface area contributed by atoms with Crippen LogP contribution >= 0.6 is 0 Å². The van der Waals surface area contributed by atoms with Crippen LogP contribution in [-0.4, -0.2) is 60.6 Å². The molecule has 3 amide bonds. The van der Waals surface area contributed by atoms with Crippen LogP contribution in [0.5, 0.6) is 0 Å². The van der Waals surface area contributed by atoms with Crippen LogP contribution in [0.1, 0.15) is 6.42 Å². The van der Waals surface area contributed by atoms with Crippen molar-refractivity contribution in [2.24, 2.45) is 4.99 Å². The molecule has 3 rings (SSSR count). The second-order valence-electron chi connectivity index (χ2n) is 6.05. The summed E-state index contributed by atoms with van der Waals surface area (Å²) in [4.78, 5) is 28.3. The van der Waals surface area contributed by atoms with Crippen molar-refractivity contribution in [1.29, 1.82) is 0 Å². The summed E-state index contributed by atoms with van der Waals surface area (Å²) in [7, 11) is 1.70. The number of aryl methyl sites for hydroxylation is 1. The molecule has 1 aromatic carbocycles. The van der Waals surface area contributed by atoms with E-state index in [0.717, 1.165) is 19.5 Å². The smallest absolute Gasteiger partial charge is 0.324 e. The average Bonchev–Trinajstić information content (AvgIpc) is 3.21. The highest BCUT2D eigenvalue weighted by molar-refractivity contribution is 6.01. The lowest BCUT2D eigenvalue weighted by Crippen LogP contribution is -2.43. The van der Waals surface area contributed by atoms with Gasteiger partial charge in [-0.3, -0.25) is 14.7 Å². The maximum atomic E-state index is 11.5. The second kappa shape index (κ2) is 8.37. The molecule has 0 unspecified atom stereocenters. The third-order valence-corrected chi connectivity index (χ3v) is 4.34. The monoisotopic (exact) mass is 356 g/mol. The maximum Gasteiger partial charge on any atom is 0.324 e. The molecule has 1 aliphatic heterocycles. The summed E-state index contributed by atoms with van der Waals surface area (Å²) in [6, 6.07) is 10.1. The Morgan fingerprint density at radius 3 is 2.73 bits per heavy atom. The number of fused-ring (bicyclic) bond motifs is 1. The Balaban J connectivity index is 1.38. The van der Waals surface area contributed by atoms with Gasteiger partial charge in [-0.2, -0.15) is 0 Å². The molecule has 138 valence electrons. The molecule has 8 heteroatoms. The molecule has 0 atom stereocenters. The van der Waals surface area contributed by atoms with Crippen LogP contribution in [0.15, 0.2) is 41.5 Å². The fourth-order valence-electron chi connectivity index (χ4n) is 2.98. The molecule has 2 aromatic rings. The summed E-state index contributed by atoms with van der Waals surface area (Å²) in [6.07, 6.45) is 3.06. The molecular formula is C18H24N6O2. The number of para-hydroxylation sites is 1. The van der Waals surface area contributed by atoms with Crippen molar-refractivity contribution in [3.63, 3.8) is 0 Å². The first-order chi connectivity index (χ1) is 12.7. The number of carbonyl (C=O) groups excluding carboxylic acids is 2. The van der Waals surface area contributed by atoms with E-state index in [2.05, 4.69) is 49.9 Å². The van der Waals surface area contributed by atoms with Gasteiger partial charge in [-0.05, 0) is 23.9 Å². The summed E-state index contributed by atoms with van der Waals surface area (Å²) in [5, 5.41) is 10.1. The number of rotatable bonds is 7. The Labute approximate surface area is 152 Å². The highest BCUT2D eigenvalue weighted by Gasteiger charge is 2.27. The molecule has 1 aromatic heterocycles. The van der Waals surface area contributed by atoms with Crippen molar-refractivity contribution in [3.05, 3.63) is 36.5 Å². The number of guanidine groups is 1. The molecule has 26 heavy (non-hydrogen) atoms. The highest BCUT2D eigenvalue weighted by Crippen LogP contribution is 2.15. The zero-order valence-electron chi connectivity index (χ0n) is 14.9. The number of aromatic nitrogens is 1. The Kier molecular flexibility index (Phi) is 5.73. The first kappa shape index (κ1) is 17.8. The lowest BCUT2D eigenvalue weighted by Gasteiger charge is -2.15. The lowest BCUT2D eigenvalue weighted by molar-refractivity contribution is -0.124.